The van der Waals surface area contributed by atoms with E-state index >= 15 is 0 Å². The van der Waals surface area contributed by atoms with Crippen LogP contribution in [0.2, 0.25) is 0 Å². The van der Waals surface area contributed by atoms with Gasteiger partial charge in [0.1, 0.15) is 5.75 Å². The highest BCUT2D eigenvalue weighted by Gasteiger charge is 2.35. The second-order valence-corrected chi connectivity index (χ2v) is 6.71. The SMILES string of the molecule is COc1ccc(C(=O)N(C(C)(C)C)C(C)(C)C)cc1. The van der Waals surface area contributed by atoms with Gasteiger partial charge in [-0.2, -0.15) is 0 Å². The Bertz CT molecular complexity index is 421. The predicted octanol–water partition coefficient (Wildman–Crippen LogP) is 3.73. The summed E-state index contributed by atoms with van der Waals surface area (Å²) in [4.78, 5) is 14.6. The Balaban J connectivity index is 3.13. The second kappa shape index (κ2) is 5.24. The molecule has 1 aromatic rings. The molecule has 0 fully saturated rings. The number of methoxy groups -OCH3 is 1. The van der Waals surface area contributed by atoms with E-state index < -0.39 is 0 Å². The normalized spacial score (nSPS) is 12.2. The van der Waals surface area contributed by atoms with E-state index in [-0.39, 0.29) is 17.0 Å². The minimum absolute atomic E-state index is 0.0441. The Kier molecular flexibility index (Phi) is 4.28. The summed E-state index contributed by atoms with van der Waals surface area (Å²) in [7, 11) is 1.62. The van der Waals surface area contributed by atoms with Crippen LogP contribution in [0.15, 0.2) is 24.3 Å². The van der Waals surface area contributed by atoms with Crippen LogP contribution in [0.3, 0.4) is 0 Å². The fourth-order valence-electron chi connectivity index (χ4n) is 2.48. The van der Waals surface area contributed by atoms with E-state index in [2.05, 4.69) is 41.5 Å². The van der Waals surface area contributed by atoms with Gasteiger partial charge in [-0.3, -0.25) is 4.79 Å². The molecule has 0 atom stereocenters. The molecule has 1 amide bonds. The van der Waals surface area contributed by atoms with Crippen molar-refractivity contribution in [2.24, 2.45) is 0 Å². The van der Waals surface area contributed by atoms with Crippen molar-refractivity contribution >= 4 is 5.91 Å². The van der Waals surface area contributed by atoms with Crippen LogP contribution in [-0.2, 0) is 0 Å². The number of carbonyl (C=O) groups is 1. The first-order valence-electron chi connectivity index (χ1n) is 6.56. The Morgan fingerprint density at radius 3 is 1.68 bits per heavy atom. The quantitative estimate of drug-likeness (QED) is 0.813. The third kappa shape index (κ3) is 3.72. The Morgan fingerprint density at radius 2 is 1.37 bits per heavy atom. The van der Waals surface area contributed by atoms with Crippen LogP contribution in [0.25, 0.3) is 0 Å². The van der Waals surface area contributed by atoms with Crippen LogP contribution in [-0.4, -0.2) is 29.0 Å². The largest absolute Gasteiger partial charge is 0.497 e. The lowest BCUT2D eigenvalue weighted by Crippen LogP contribution is -2.55. The molecule has 3 heteroatoms. The molecule has 106 valence electrons. The molecule has 3 nitrogen and oxygen atoms in total. The third-order valence-corrected chi connectivity index (χ3v) is 2.88. The van der Waals surface area contributed by atoms with Gasteiger partial charge in [0.25, 0.3) is 5.91 Å². The molecule has 0 saturated heterocycles. The fraction of sp³-hybridized carbons (Fsp3) is 0.562. The van der Waals surface area contributed by atoms with Crippen LogP contribution in [0.4, 0.5) is 0 Å². The summed E-state index contributed by atoms with van der Waals surface area (Å²) in [5.41, 5.74) is 0.232. The van der Waals surface area contributed by atoms with Crippen LogP contribution < -0.4 is 4.74 Å². The van der Waals surface area contributed by atoms with E-state index in [4.69, 9.17) is 4.74 Å². The molecule has 0 aliphatic carbocycles. The number of hydrogen-bond donors (Lipinski definition) is 0. The Morgan fingerprint density at radius 1 is 0.947 bits per heavy atom. The minimum Gasteiger partial charge on any atom is -0.497 e. The molecule has 0 aliphatic rings. The van der Waals surface area contributed by atoms with E-state index in [1.165, 1.54) is 0 Å². The molecule has 0 saturated carbocycles. The smallest absolute Gasteiger partial charge is 0.254 e. The van der Waals surface area contributed by atoms with Crippen LogP contribution in [0.1, 0.15) is 51.9 Å². The highest BCUT2D eigenvalue weighted by molar-refractivity contribution is 5.95. The van der Waals surface area contributed by atoms with Crippen molar-refractivity contribution < 1.29 is 9.53 Å². The van der Waals surface area contributed by atoms with Crippen LogP contribution in [0, 0.1) is 0 Å². The molecule has 0 heterocycles. The Hall–Kier alpha value is -1.51. The fourth-order valence-corrected chi connectivity index (χ4v) is 2.48. The van der Waals surface area contributed by atoms with Gasteiger partial charge in [0.05, 0.1) is 7.11 Å². The molecule has 0 N–H and O–H groups in total. The lowest BCUT2D eigenvalue weighted by molar-refractivity contribution is 0.0271. The first kappa shape index (κ1) is 15.5. The van der Waals surface area contributed by atoms with Crippen LogP contribution >= 0.6 is 0 Å². The van der Waals surface area contributed by atoms with E-state index in [1.807, 2.05) is 29.2 Å². The van der Waals surface area contributed by atoms with E-state index in [0.29, 0.717) is 5.56 Å². The maximum Gasteiger partial charge on any atom is 0.254 e. The summed E-state index contributed by atoms with van der Waals surface area (Å²) >= 11 is 0. The van der Waals surface area contributed by atoms with Gasteiger partial charge in [0, 0.05) is 16.6 Å². The van der Waals surface area contributed by atoms with Crippen molar-refractivity contribution in [1.29, 1.82) is 0 Å². The van der Waals surface area contributed by atoms with Crippen molar-refractivity contribution in [3.8, 4) is 5.75 Å². The summed E-state index contributed by atoms with van der Waals surface area (Å²) in [5.74, 6) is 0.803. The summed E-state index contributed by atoms with van der Waals surface area (Å²) in [6, 6.07) is 7.25. The topological polar surface area (TPSA) is 29.5 Å². The first-order valence-corrected chi connectivity index (χ1v) is 6.56. The van der Waals surface area contributed by atoms with Gasteiger partial charge in [0.2, 0.25) is 0 Å². The molecule has 1 aromatic carbocycles. The zero-order valence-corrected chi connectivity index (χ0v) is 13.1. The number of amides is 1. The van der Waals surface area contributed by atoms with Gasteiger partial charge in [-0.1, -0.05) is 0 Å². The average molecular weight is 263 g/mol. The van der Waals surface area contributed by atoms with Gasteiger partial charge in [-0.05, 0) is 65.8 Å². The molecular formula is C16H25NO2. The average Bonchev–Trinajstić information content (AvgIpc) is 2.25. The van der Waals surface area contributed by atoms with Gasteiger partial charge >= 0.3 is 0 Å². The summed E-state index contributed by atoms with van der Waals surface area (Å²) in [6.45, 7) is 12.3. The molecule has 0 radical (unpaired) electrons. The van der Waals surface area contributed by atoms with Crippen molar-refractivity contribution in [3.63, 3.8) is 0 Å². The molecule has 0 bridgehead atoms. The molecule has 0 unspecified atom stereocenters. The predicted molar refractivity (Wildman–Crippen MR) is 78.7 cm³/mol. The van der Waals surface area contributed by atoms with E-state index in [1.54, 1.807) is 7.11 Å². The minimum atomic E-state index is -0.227. The maximum absolute atomic E-state index is 12.7. The second-order valence-electron chi connectivity index (χ2n) is 6.71. The number of carbonyl (C=O) groups excluding carboxylic acids is 1. The van der Waals surface area contributed by atoms with E-state index in [0.717, 1.165) is 5.75 Å². The van der Waals surface area contributed by atoms with Crippen LogP contribution in [0.5, 0.6) is 5.75 Å². The van der Waals surface area contributed by atoms with Gasteiger partial charge < -0.3 is 9.64 Å². The van der Waals surface area contributed by atoms with Gasteiger partial charge in [0.15, 0.2) is 0 Å². The number of ether oxygens (including phenoxy) is 1. The highest BCUT2D eigenvalue weighted by atomic mass is 16.5. The van der Waals surface area contributed by atoms with Gasteiger partial charge in [-0.15, -0.1) is 0 Å². The standard InChI is InChI=1S/C16H25NO2/c1-15(2,3)17(16(4,5)6)14(18)12-8-10-13(19-7)11-9-12/h8-11H,1-7H3. The lowest BCUT2D eigenvalue weighted by atomic mass is 9.94. The maximum atomic E-state index is 12.7. The Labute approximate surface area is 116 Å². The van der Waals surface area contributed by atoms with Crippen molar-refractivity contribution in [2.45, 2.75) is 52.6 Å². The van der Waals surface area contributed by atoms with Crippen molar-refractivity contribution in [3.05, 3.63) is 29.8 Å². The number of hydrogen-bond acceptors (Lipinski definition) is 2. The van der Waals surface area contributed by atoms with Crippen molar-refractivity contribution in [1.82, 2.24) is 4.90 Å². The molecule has 19 heavy (non-hydrogen) atoms. The first-order chi connectivity index (χ1) is 8.57. The zero-order chi connectivity index (χ0) is 14.8. The van der Waals surface area contributed by atoms with E-state index in [9.17, 15) is 4.79 Å². The van der Waals surface area contributed by atoms with Crippen molar-refractivity contribution in [2.75, 3.05) is 7.11 Å². The monoisotopic (exact) mass is 263 g/mol. The molecule has 0 spiro atoms. The number of benzene rings is 1. The summed E-state index contributed by atoms with van der Waals surface area (Å²) in [6.07, 6.45) is 0. The highest BCUT2D eigenvalue weighted by Crippen LogP contribution is 2.27. The molecule has 0 aromatic heterocycles. The summed E-state index contributed by atoms with van der Waals surface area (Å²) < 4.78 is 5.12. The zero-order valence-electron chi connectivity index (χ0n) is 13.1. The number of nitrogens with zero attached hydrogens (tertiary/aromatic N) is 1. The van der Waals surface area contributed by atoms with Gasteiger partial charge in [-0.25, -0.2) is 0 Å². The lowest BCUT2D eigenvalue weighted by Gasteiger charge is -2.45. The molecule has 0 aliphatic heterocycles. The molecular weight excluding hydrogens is 238 g/mol. The summed E-state index contributed by atoms with van der Waals surface area (Å²) in [5, 5.41) is 0. The third-order valence-electron chi connectivity index (χ3n) is 2.88. The molecule has 1 rings (SSSR count). The number of rotatable bonds is 2.